The van der Waals surface area contributed by atoms with Crippen LogP contribution >= 0.6 is 0 Å². The highest BCUT2D eigenvalue weighted by molar-refractivity contribution is 5.97. The molecule has 0 radical (unpaired) electrons. The summed E-state index contributed by atoms with van der Waals surface area (Å²) in [5.41, 5.74) is 5.78. The predicted molar refractivity (Wildman–Crippen MR) is 76.2 cm³/mol. The number of carboxylic acids is 1. The van der Waals surface area contributed by atoms with Crippen LogP contribution in [0.3, 0.4) is 0 Å². The predicted octanol–water partition coefficient (Wildman–Crippen LogP) is 0.641. The number of ether oxygens (including phenoxy) is 1. The molecule has 1 fully saturated rings. The van der Waals surface area contributed by atoms with E-state index in [4.69, 9.17) is 15.6 Å². The molecule has 0 unspecified atom stereocenters. The van der Waals surface area contributed by atoms with Gasteiger partial charge in [0.25, 0.3) is 5.91 Å². The number of piperidine rings is 1. The molecule has 21 heavy (non-hydrogen) atoms. The minimum atomic E-state index is -0.855. The van der Waals surface area contributed by atoms with Gasteiger partial charge < -0.3 is 20.5 Å². The maximum atomic E-state index is 11.4. The quantitative estimate of drug-likeness (QED) is 0.797. The van der Waals surface area contributed by atoms with Crippen molar-refractivity contribution in [2.24, 2.45) is 5.73 Å². The molecule has 1 amide bonds. The third-order valence-electron chi connectivity index (χ3n) is 3.46. The summed E-state index contributed by atoms with van der Waals surface area (Å²) in [5.74, 6) is -0.737. The Hall–Kier alpha value is -2.15. The summed E-state index contributed by atoms with van der Waals surface area (Å²) >= 11 is 0. The third-order valence-corrected chi connectivity index (χ3v) is 3.46. The largest absolute Gasteiger partial charge is 0.481 e. The Morgan fingerprint density at radius 1 is 1.43 bits per heavy atom. The van der Waals surface area contributed by atoms with Crippen molar-refractivity contribution < 1.29 is 19.4 Å². The van der Waals surface area contributed by atoms with Crippen molar-refractivity contribution >= 4 is 17.7 Å². The maximum Gasteiger partial charge on any atom is 0.305 e. The van der Waals surface area contributed by atoms with Gasteiger partial charge in [-0.3, -0.25) is 9.59 Å². The van der Waals surface area contributed by atoms with Gasteiger partial charge in [0.15, 0.2) is 0 Å². The molecule has 0 saturated carbocycles. The topological polar surface area (TPSA) is 106 Å². The van der Waals surface area contributed by atoms with Crippen LogP contribution in [0.2, 0.25) is 0 Å². The van der Waals surface area contributed by atoms with Gasteiger partial charge in [-0.25, -0.2) is 4.98 Å². The van der Waals surface area contributed by atoms with Crippen LogP contribution in [-0.4, -0.2) is 47.8 Å². The van der Waals surface area contributed by atoms with Crippen LogP contribution in [-0.2, 0) is 9.53 Å². The summed E-state index contributed by atoms with van der Waals surface area (Å²) < 4.78 is 5.54. The highest BCUT2D eigenvalue weighted by Crippen LogP contribution is 2.22. The fourth-order valence-corrected chi connectivity index (χ4v) is 2.39. The Morgan fingerprint density at radius 3 is 2.76 bits per heavy atom. The maximum absolute atomic E-state index is 11.4. The molecule has 1 saturated heterocycles. The van der Waals surface area contributed by atoms with Gasteiger partial charge in [0.2, 0.25) is 0 Å². The molecule has 0 bridgehead atoms. The van der Waals surface area contributed by atoms with E-state index in [1.54, 1.807) is 18.3 Å². The molecule has 1 aromatic heterocycles. The van der Waals surface area contributed by atoms with E-state index < -0.39 is 11.9 Å². The molecule has 0 atom stereocenters. The summed E-state index contributed by atoms with van der Waals surface area (Å²) in [5, 5.41) is 8.58. The SMILES string of the molecule is NC(=O)c1cccnc1N1CCC(OCCC(=O)O)CC1. The molecule has 1 aliphatic heterocycles. The number of nitrogens with zero attached hydrogens (tertiary/aromatic N) is 2. The first-order chi connectivity index (χ1) is 10.1. The Bertz CT molecular complexity index is 513. The van der Waals surface area contributed by atoms with Crippen molar-refractivity contribution in [3.63, 3.8) is 0 Å². The lowest BCUT2D eigenvalue weighted by molar-refractivity contribution is -0.138. The Labute approximate surface area is 122 Å². The van der Waals surface area contributed by atoms with E-state index in [0.29, 0.717) is 24.5 Å². The minimum absolute atomic E-state index is 0.0201. The highest BCUT2D eigenvalue weighted by atomic mass is 16.5. The first kappa shape index (κ1) is 15.2. The molecule has 0 spiro atoms. The number of carbonyl (C=O) groups is 2. The van der Waals surface area contributed by atoms with Gasteiger partial charge in [-0.15, -0.1) is 0 Å². The first-order valence-corrected chi connectivity index (χ1v) is 6.91. The van der Waals surface area contributed by atoms with Crippen LogP contribution in [0.15, 0.2) is 18.3 Å². The number of aromatic nitrogens is 1. The number of primary amides is 1. The smallest absolute Gasteiger partial charge is 0.305 e. The number of pyridine rings is 1. The van der Waals surface area contributed by atoms with Crippen molar-refractivity contribution in [3.8, 4) is 0 Å². The van der Waals surface area contributed by atoms with Crippen LogP contribution in [0.5, 0.6) is 0 Å². The number of amides is 1. The summed E-state index contributed by atoms with van der Waals surface area (Å²) in [4.78, 5) is 28.1. The fraction of sp³-hybridized carbons (Fsp3) is 0.500. The van der Waals surface area contributed by atoms with Gasteiger partial charge in [-0.1, -0.05) is 0 Å². The van der Waals surface area contributed by atoms with Crippen molar-refractivity contribution in [1.82, 2.24) is 4.98 Å². The normalized spacial score (nSPS) is 15.9. The summed E-state index contributed by atoms with van der Waals surface area (Å²) in [6.45, 7) is 1.64. The van der Waals surface area contributed by atoms with Crippen molar-refractivity contribution in [1.29, 1.82) is 0 Å². The van der Waals surface area contributed by atoms with Gasteiger partial charge >= 0.3 is 5.97 Å². The number of nitrogens with two attached hydrogens (primary N) is 1. The zero-order chi connectivity index (χ0) is 15.2. The molecule has 0 aromatic carbocycles. The highest BCUT2D eigenvalue weighted by Gasteiger charge is 2.23. The summed E-state index contributed by atoms with van der Waals surface area (Å²) in [6, 6.07) is 3.35. The van der Waals surface area contributed by atoms with Crippen LogP contribution in [0.1, 0.15) is 29.6 Å². The molecular formula is C14H19N3O4. The van der Waals surface area contributed by atoms with E-state index in [2.05, 4.69) is 4.98 Å². The Morgan fingerprint density at radius 2 is 2.14 bits per heavy atom. The lowest BCUT2D eigenvalue weighted by Gasteiger charge is -2.33. The molecule has 2 rings (SSSR count). The monoisotopic (exact) mass is 293 g/mol. The average molecular weight is 293 g/mol. The van der Waals surface area contributed by atoms with E-state index in [1.807, 2.05) is 4.90 Å². The van der Waals surface area contributed by atoms with Crippen molar-refractivity contribution in [2.75, 3.05) is 24.6 Å². The van der Waals surface area contributed by atoms with Gasteiger partial charge in [-0.05, 0) is 25.0 Å². The second-order valence-electron chi connectivity index (χ2n) is 4.94. The van der Waals surface area contributed by atoms with Gasteiger partial charge in [0.1, 0.15) is 5.82 Å². The molecule has 1 aromatic rings. The van der Waals surface area contributed by atoms with Crippen molar-refractivity contribution in [3.05, 3.63) is 23.9 Å². The number of hydrogen-bond acceptors (Lipinski definition) is 5. The number of rotatable bonds is 6. The third kappa shape index (κ3) is 4.16. The molecule has 0 aliphatic carbocycles. The van der Waals surface area contributed by atoms with Gasteiger partial charge in [0, 0.05) is 19.3 Å². The van der Waals surface area contributed by atoms with Crippen LogP contribution < -0.4 is 10.6 Å². The molecule has 1 aliphatic rings. The number of carbonyl (C=O) groups excluding carboxylic acids is 1. The van der Waals surface area contributed by atoms with Gasteiger partial charge in [0.05, 0.1) is 24.7 Å². The summed E-state index contributed by atoms with van der Waals surface area (Å²) in [6.07, 6.45) is 3.26. The van der Waals surface area contributed by atoms with E-state index in [0.717, 1.165) is 12.8 Å². The van der Waals surface area contributed by atoms with Crippen LogP contribution in [0.4, 0.5) is 5.82 Å². The number of hydrogen-bond donors (Lipinski definition) is 2. The average Bonchev–Trinajstić information content (AvgIpc) is 2.47. The Balaban J connectivity index is 1.89. The van der Waals surface area contributed by atoms with Gasteiger partial charge in [-0.2, -0.15) is 0 Å². The fourth-order valence-electron chi connectivity index (χ4n) is 2.39. The molecule has 7 nitrogen and oxygen atoms in total. The zero-order valence-corrected chi connectivity index (χ0v) is 11.7. The summed E-state index contributed by atoms with van der Waals surface area (Å²) in [7, 11) is 0. The molecule has 3 N–H and O–H groups in total. The van der Waals surface area contributed by atoms with E-state index in [1.165, 1.54) is 0 Å². The van der Waals surface area contributed by atoms with Crippen LogP contribution in [0, 0.1) is 0 Å². The standard InChI is InChI=1S/C14H19N3O4/c15-13(20)11-2-1-6-16-14(11)17-7-3-10(4-8-17)21-9-5-12(18)19/h1-2,6,10H,3-5,7-9H2,(H2,15,20)(H,18,19). The number of carboxylic acid groups (broad SMARTS) is 1. The number of anilines is 1. The van der Waals surface area contributed by atoms with E-state index in [-0.39, 0.29) is 19.1 Å². The number of aliphatic carboxylic acids is 1. The van der Waals surface area contributed by atoms with Crippen LogP contribution in [0.25, 0.3) is 0 Å². The minimum Gasteiger partial charge on any atom is -0.481 e. The van der Waals surface area contributed by atoms with E-state index in [9.17, 15) is 9.59 Å². The Kier molecular flexibility index (Phi) is 5.10. The lowest BCUT2D eigenvalue weighted by Crippen LogP contribution is -2.38. The first-order valence-electron chi connectivity index (χ1n) is 6.91. The van der Waals surface area contributed by atoms with Crippen molar-refractivity contribution in [2.45, 2.75) is 25.4 Å². The second-order valence-corrected chi connectivity index (χ2v) is 4.94. The molecule has 114 valence electrons. The van der Waals surface area contributed by atoms with E-state index >= 15 is 0 Å². The second kappa shape index (κ2) is 7.03. The molecule has 7 heteroatoms. The zero-order valence-electron chi connectivity index (χ0n) is 11.7. The molecular weight excluding hydrogens is 274 g/mol. The lowest BCUT2D eigenvalue weighted by atomic mass is 10.1. The molecule has 2 heterocycles.